The van der Waals surface area contributed by atoms with E-state index in [-0.39, 0.29) is 11.2 Å². The second-order valence-corrected chi connectivity index (χ2v) is 6.00. The van der Waals surface area contributed by atoms with Crippen LogP contribution >= 0.6 is 15.9 Å². The molecule has 0 spiro atoms. The molecule has 16 heavy (non-hydrogen) atoms. The van der Waals surface area contributed by atoms with Crippen LogP contribution in [0.5, 0.6) is 0 Å². The van der Waals surface area contributed by atoms with E-state index in [4.69, 9.17) is 5.73 Å². The fourth-order valence-electron chi connectivity index (χ4n) is 2.68. The van der Waals surface area contributed by atoms with E-state index in [1.165, 1.54) is 6.07 Å². The normalized spacial score (nSPS) is 29.6. The highest BCUT2D eigenvalue weighted by molar-refractivity contribution is 9.10. The molecule has 0 radical (unpaired) electrons. The van der Waals surface area contributed by atoms with Crippen LogP contribution in [0.3, 0.4) is 0 Å². The highest BCUT2D eigenvalue weighted by Crippen LogP contribution is 2.41. The zero-order chi connectivity index (χ0) is 11.8. The standard InChI is InChI=1S/C13H17BrFN/c1-13(6-5-10(16)8-13)7-9-3-2-4-11(15)12(9)14/h2-4,10H,5-8,16H2,1H3. The summed E-state index contributed by atoms with van der Waals surface area (Å²) < 4.78 is 14.0. The van der Waals surface area contributed by atoms with Crippen molar-refractivity contribution < 1.29 is 4.39 Å². The maximum Gasteiger partial charge on any atom is 0.137 e. The minimum absolute atomic E-state index is 0.177. The fraction of sp³-hybridized carbons (Fsp3) is 0.538. The van der Waals surface area contributed by atoms with Gasteiger partial charge < -0.3 is 5.73 Å². The Labute approximate surface area is 104 Å². The summed E-state index contributed by atoms with van der Waals surface area (Å²) >= 11 is 3.32. The van der Waals surface area contributed by atoms with Gasteiger partial charge in [-0.25, -0.2) is 4.39 Å². The summed E-state index contributed by atoms with van der Waals surface area (Å²) in [5, 5.41) is 0. The molecule has 0 aromatic heterocycles. The number of hydrogen-bond donors (Lipinski definition) is 1. The molecule has 0 aliphatic heterocycles. The van der Waals surface area contributed by atoms with Gasteiger partial charge in [-0.1, -0.05) is 19.1 Å². The van der Waals surface area contributed by atoms with Crippen LogP contribution in [0.25, 0.3) is 0 Å². The number of benzene rings is 1. The smallest absolute Gasteiger partial charge is 0.137 e. The van der Waals surface area contributed by atoms with E-state index in [2.05, 4.69) is 22.9 Å². The van der Waals surface area contributed by atoms with Crippen LogP contribution in [0.4, 0.5) is 4.39 Å². The molecule has 1 aromatic carbocycles. The molecule has 88 valence electrons. The predicted molar refractivity (Wildman–Crippen MR) is 67.7 cm³/mol. The monoisotopic (exact) mass is 285 g/mol. The highest BCUT2D eigenvalue weighted by atomic mass is 79.9. The molecule has 2 rings (SSSR count). The maximum absolute atomic E-state index is 13.4. The predicted octanol–water partition coefficient (Wildman–Crippen LogP) is 3.65. The number of halogens is 2. The molecule has 0 heterocycles. The van der Waals surface area contributed by atoms with Crippen molar-refractivity contribution in [3.05, 3.63) is 34.1 Å². The number of hydrogen-bond acceptors (Lipinski definition) is 1. The first kappa shape index (κ1) is 12.1. The summed E-state index contributed by atoms with van der Waals surface area (Å²) in [6, 6.07) is 5.56. The summed E-state index contributed by atoms with van der Waals surface area (Å²) in [7, 11) is 0. The molecule has 2 N–H and O–H groups in total. The summed E-state index contributed by atoms with van der Waals surface area (Å²) in [6.45, 7) is 2.25. The zero-order valence-electron chi connectivity index (χ0n) is 9.47. The number of nitrogens with two attached hydrogens (primary N) is 1. The van der Waals surface area contributed by atoms with Gasteiger partial charge in [-0.05, 0) is 58.7 Å². The topological polar surface area (TPSA) is 26.0 Å². The zero-order valence-corrected chi connectivity index (χ0v) is 11.1. The second kappa shape index (κ2) is 4.46. The fourth-order valence-corrected chi connectivity index (χ4v) is 3.08. The Hall–Kier alpha value is -0.410. The molecule has 0 saturated heterocycles. The van der Waals surface area contributed by atoms with E-state index in [0.717, 1.165) is 31.2 Å². The molecule has 2 atom stereocenters. The van der Waals surface area contributed by atoms with Gasteiger partial charge in [0.2, 0.25) is 0 Å². The molecule has 1 nitrogen and oxygen atoms in total. The van der Waals surface area contributed by atoms with Gasteiger partial charge in [-0.3, -0.25) is 0 Å². The minimum atomic E-state index is -0.177. The van der Waals surface area contributed by atoms with E-state index in [1.807, 2.05) is 6.07 Å². The molecule has 1 saturated carbocycles. The van der Waals surface area contributed by atoms with Crippen LogP contribution < -0.4 is 5.73 Å². The molecule has 2 unspecified atom stereocenters. The van der Waals surface area contributed by atoms with E-state index in [9.17, 15) is 4.39 Å². The van der Waals surface area contributed by atoms with Crippen molar-refractivity contribution in [2.45, 2.75) is 38.6 Å². The first-order valence-electron chi connectivity index (χ1n) is 5.69. The SMILES string of the molecule is CC1(Cc2cccc(F)c2Br)CCC(N)C1. The lowest BCUT2D eigenvalue weighted by molar-refractivity contribution is 0.328. The van der Waals surface area contributed by atoms with E-state index >= 15 is 0 Å². The Morgan fingerprint density at radius 1 is 1.56 bits per heavy atom. The van der Waals surface area contributed by atoms with Crippen molar-refractivity contribution >= 4 is 15.9 Å². The molecule has 0 bridgehead atoms. The van der Waals surface area contributed by atoms with Crippen molar-refractivity contribution in [3.8, 4) is 0 Å². The summed E-state index contributed by atoms with van der Waals surface area (Å²) in [5.74, 6) is -0.177. The Morgan fingerprint density at radius 3 is 2.94 bits per heavy atom. The average Bonchev–Trinajstić information content (AvgIpc) is 2.54. The maximum atomic E-state index is 13.4. The molecule has 1 aromatic rings. The lowest BCUT2D eigenvalue weighted by Crippen LogP contribution is -2.21. The Bertz CT molecular complexity index is 394. The average molecular weight is 286 g/mol. The van der Waals surface area contributed by atoms with Gasteiger partial charge in [-0.2, -0.15) is 0 Å². The molecule has 1 aliphatic carbocycles. The highest BCUT2D eigenvalue weighted by Gasteiger charge is 2.33. The van der Waals surface area contributed by atoms with Crippen LogP contribution in [0.2, 0.25) is 0 Å². The third-order valence-corrected chi connectivity index (χ3v) is 4.41. The molecule has 3 heteroatoms. The van der Waals surface area contributed by atoms with Gasteiger partial charge in [0.15, 0.2) is 0 Å². The van der Waals surface area contributed by atoms with Gasteiger partial charge in [0.25, 0.3) is 0 Å². The van der Waals surface area contributed by atoms with Crippen molar-refractivity contribution in [1.82, 2.24) is 0 Å². The third kappa shape index (κ3) is 2.46. The Balaban J connectivity index is 2.18. The first-order chi connectivity index (χ1) is 7.50. The van der Waals surface area contributed by atoms with Gasteiger partial charge >= 0.3 is 0 Å². The van der Waals surface area contributed by atoms with E-state index < -0.39 is 0 Å². The van der Waals surface area contributed by atoms with Gasteiger partial charge in [0.05, 0.1) is 4.47 Å². The number of rotatable bonds is 2. The summed E-state index contributed by atoms with van der Waals surface area (Å²) in [6.07, 6.45) is 4.16. The van der Waals surface area contributed by atoms with Crippen molar-refractivity contribution in [2.24, 2.45) is 11.1 Å². The van der Waals surface area contributed by atoms with Gasteiger partial charge in [0, 0.05) is 6.04 Å². The first-order valence-corrected chi connectivity index (χ1v) is 6.48. The minimum Gasteiger partial charge on any atom is -0.328 e. The van der Waals surface area contributed by atoms with Crippen LogP contribution in [0.15, 0.2) is 22.7 Å². The quantitative estimate of drug-likeness (QED) is 0.882. The summed E-state index contributed by atoms with van der Waals surface area (Å²) in [5.41, 5.74) is 7.23. The summed E-state index contributed by atoms with van der Waals surface area (Å²) in [4.78, 5) is 0. The Kier molecular flexibility index (Phi) is 3.36. The molecule has 0 amide bonds. The van der Waals surface area contributed by atoms with E-state index in [1.54, 1.807) is 6.07 Å². The van der Waals surface area contributed by atoms with Crippen LogP contribution in [-0.4, -0.2) is 6.04 Å². The second-order valence-electron chi connectivity index (χ2n) is 5.20. The largest absolute Gasteiger partial charge is 0.328 e. The van der Waals surface area contributed by atoms with Crippen LogP contribution in [-0.2, 0) is 6.42 Å². The lowest BCUT2D eigenvalue weighted by Gasteiger charge is -2.24. The molecule has 1 fully saturated rings. The Morgan fingerprint density at radius 2 is 2.31 bits per heavy atom. The van der Waals surface area contributed by atoms with Crippen molar-refractivity contribution in [2.75, 3.05) is 0 Å². The molecular weight excluding hydrogens is 269 g/mol. The lowest BCUT2D eigenvalue weighted by atomic mass is 9.82. The van der Waals surface area contributed by atoms with Gasteiger partial charge in [-0.15, -0.1) is 0 Å². The third-order valence-electron chi connectivity index (χ3n) is 3.52. The van der Waals surface area contributed by atoms with E-state index in [0.29, 0.717) is 10.5 Å². The van der Waals surface area contributed by atoms with Gasteiger partial charge in [0.1, 0.15) is 5.82 Å². The van der Waals surface area contributed by atoms with Crippen molar-refractivity contribution in [3.63, 3.8) is 0 Å². The molecule has 1 aliphatic rings. The van der Waals surface area contributed by atoms with Crippen LogP contribution in [0.1, 0.15) is 31.7 Å². The van der Waals surface area contributed by atoms with Crippen molar-refractivity contribution in [1.29, 1.82) is 0 Å². The van der Waals surface area contributed by atoms with Crippen LogP contribution in [0, 0.1) is 11.2 Å². The molecular formula is C13H17BrFN.